The highest BCUT2D eigenvalue weighted by Gasteiger charge is 2.12. The van der Waals surface area contributed by atoms with Gasteiger partial charge in [-0.25, -0.2) is 4.79 Å². The predicted octanol–water partition coefficient (Wildman–Crippen LogP) is 4.32. The Bertz CT molecular complexity index is 459. The number of phenolic OH excluding ortho intramolecular Hbond substituents is 1. The van der Waals surface area contributed by atoms with Gasteiger partial charge in [0.2, 0.25) is 0 Å². The minimum Gasteiger partial charge on any atom is -0.507 e. The lowest BCUT2D eigenvalue weighted by molar-refractivity contribution is 0.0481. The van der Waals surface area contributed by atoms with Crippen molar-refractivity contribution >= 4 is 5.97 Å². The van der Waals surface area contributed by atoms with Crippen LogP contribution in [0.15, 0.2) is 35.9 Å². The van der Waals surface area contributed by atoms with Crippen LogP contribution in [0.25, 0.3) is 0 Å². The Hall–Kier alpha value is -1.77. The highest BCUT2D eigenvalue weighted by Crippen LogP contribution is 2.17. The summed E-state index contributed by atoms with van der Waals surface area (Å²) in [5.74, 6) is 0.0245. The quantitative estimate of drug-likeness (QED) is 0.596. The van der Waals surface area contributed by atoms with E-state index >= 15 is 0 Å². The van der Waals surface area contributed by atoms with Crippen molar-refractivity contribution in [2.75, 3.05) is 6.61 Å². The maximum atomic E-state index is 11.8. The summed E-state index contributed by atoms with van der Waals surface area (Å²) >= 11 is 0. The van der Waals surface area contributed by atoms with Crippen LogP contribution in [0, 0.1) is 5.92 Å². The number of para-hydroxylation sites is 1. The van der Waals surface area contributed by atoms with Gasteiger partial charge in [-0.15, -0.1) is 0 Å². The molecule has 1 rings (SSSR count). The van der Waals surface area contributed by atoms with E-state index in [9.17, 15) is 9.90 Å². The van der Waals surface area contributed by atoms with E-state index in [-0.39, 0.29) is 11.3 Å². The topological polar surface area (TPSA) is 46.5 Å². The fourth-order valence-corrected chi connectivity index (χ4v) is 1.88. The molecule has 0 saturated carbocycles. The molecule has 0 aliphatic heterocycles. The molecule has 1 atom stereocenters. The van der Waals surface area contributed by atoms with Crippen molar-refractivity contribution in [1.29, 1.82) is 0 Å². The molecule has 3 nitrogen and oxygen atoms in total. The molecule has 0 amide bonds. The number of ether oxygens (including phenoxy) is 1. The minimum absolute atomic E-state index is 0.0332. The molecular weight excluding hydrogens is 252 g/mol. The number of carbonyl (C=O) groups excluding carboxylic acids is 1. The Morgan fingerprint density at radius 1 is 1.30 bits per heavy atom. The molecule has 1 aromatic rings. The van der Waals surface area contributed by atoms with Gasteiger partial charge in [-0.2, -0.15) is 0 Å². The largest absolute Gasteiger partial charge is 0.507 e. The summed E-state index contributed by atoms with van der Waals surface area (Å²) in [5.41, 5.74) is 1.56. The fourth-order valence-electron chi connectivity index (χ4n) is 1.88. The highest BCUT2D eigenvalue weighted by molar-refractivity contribution is 5.92. The van der Waals surface area contributed by atoms with Gasteiger partial charge in [0.05, 0.1) is 6.61 Å². The lowest BCUT2D eigenvalue weighted by Crippen LogP contribution is -2.09. The molecule has 1 aromatic carbocycles. The molecule has 0 radical (unpaired) electrons. The number of esters is 1. The molecule has 0 aliphatic rings. The molecule has 0 fully saturated rings. The Morgan fingerprint density at radius 3 is 2.65 bits per heavy atom. The van der Waals surface area contributed by atoms with Crippen molar-refractivity contribution in [3.8, 4) is 5.75 Å². The molecule has 0 aromatic heterocycles. The monoisotopic (exact) mass is 276 g/mol. The molecule has 0 heterocycles. The third kappa shape index (κ3) is 5.91. The van der Waals surface area contributed by atoms with E-state index in [1.807, 2.05) is 0 Å². The van der Waals surface area contributed by atoms with Gasteiger partial charge in [-0.05, 0) is 51.2 Å². The van der Waals surface area contributed by atoms with Gasteiger partial charge in [0.25, 0.3) is 0 Å². The lowest BCUT2D eigenvalue weighted by atomic mass is 10.0. The molecule has 0 saturated heterocycles. The van der Waals surface area contributed by atoms with Crippen molar-refractivity contribution < 1.29 is 14.6 Å². The minimum atomic E-state index is -0.459. The van der Waals surface area contributed by atoms with Gasteiger partial charge in [-0.1, -0.05) is 30.7 Å². The first-order chi connectivity index (χ1) is 9.50. The van der Waals surface area contributed by atoms with Crippen LogP contribution in [-0.2, 0) is 4.74 Å². The van der Waals surface area contributed by atoms with Gasteiger partial charge in [0, 0.05) is 0 Å². The molecule has 20 heavy (non-hydrogen) atoms. The van der Waals surface area contributed by atoms with Gasteiger partial charge in [0.15, 0.2) is 0 Å². The van der Waals surface area contributed by atoms with Crippen LogP contribution in [0.1, 0.15) is 50.4 Å². The first kappa shape index (κ1) is 16.3. The summed E-state index contributed by atoms with van der Waals surface area (Å²) < 4.78 is 5.19. The van der Waals surface area contributed by atoms with Crippen molar-refractivity contribution in [2.45, 2.75) is 40.0 Å². The number of allylic oxidation sites excluding steroid dienone is 2. The van der Waals surface area contributed by atoms with E-state index in [4.69, 9.17) is 4.74 Å². The molecular formula is C17H24O3. The second kappa shape index (κ2) is 8.41. The van der Waals surface area contributed by atoms with Crippen molar-refractivity contribution in [1.82, 2.24) is 0 Å². The standard InChI is InChI=1S/C17H24O3/c1-13(2)7-6-8-14(3)11-12-20-17(19)15-9-4-5-10-16(15)18/h4-5,7,9-10,14,18H,6,8,11-12H2,1-3H3. The maximum absolute atomic E-state index is 11.8. The Morgan fingerprint density at radius 2 is 2.00 bits per heavy atom. The first-order valence-corrected chi connectivity index (χ1v) is 7.09. The molecule has 1 unspecified atom stereocenters. The van der Waals surface area contributed by atoms with E-state index in [1.54, 1.807) is 18.2 Å². The van der Waals surface area contributed by atoms with Crippen LogP contribution in [0.4, 0.5) is 0 Å². The van der Waals surface area contributed by atoms with Crippen LogP contribution in [0.5, 0.6) is 5.75 Å². The summed E-state index contributed by atoms with van der Waals surface area (Å²) in [7, 11) is 0. The summed E-state index contributed by atoms with van der Waals surface area (Å²) in [4.78, 5) is 11.8. The lowest BCUT2D eigenvalue weighted by Gasteiger charge is -2.11. The molecule has 0 spiro atoms. The molecule has 3 heteroatoms. The number of carbonyl (C=O) groups is 1. The first-order valence-electron chi connectivity index (χ1n) is 7.09. The Kier molecular flexibility index (Phi) is 6.85. The van der Waals surface area contributed by atoms with Gasteiger partial charge in [0.1, 0.15) is 11.3 Å². The van der Waals surface area contributed by atoms with Crippen LogP contribution >= 0.6 is 0 Å². The van der Waals surface area contributed by atoms with Crippen LogP contribution in [-0.4, -0.2) is 17.7 Å². The van der Waals surface area contributed by atoms with Gasteiger partial charge >= 0.3 is 5.97 Å². The second-order valence-corrected chi connectivity index (χ2v) is 5.41. The number of aromatic hydroxyl groups is 1. The summed E-state index contributed by atoms with van der Waals surface area (Å²) in [6, 6.07) is 6.43. The smallest absolute Gasteiger partial charge is 0.341 e. The van der Waals surface area contributed by atoms with Crippen molar-refractivity contribution in [3.63, 3.8) is 0 Å². The van der Waals surface area contributed by atoms with Gasteiger partial charge in [-0.3, -0.25) is 0 Å². The van der Waals surface area contributed by atoms with E-state index in [2.05, 4.69) is 26.8 Å². The Labute approximate surface area is 121 Å². The van der Waals surface area contributed by atoms with Crippen molar-refractivity contribution in [2.24, 2.45) is 5.92 Å². The zero-order valence-corrected chi connectivity index (χ0v) is 12.6. The normalized spacial score (nSPS) is 11.8. The van der Waals surface area contributed by atoms with E-state index < -0.39 is 5.97 Å². The molecule has 1 N–H and O–H groups in total. The molecule has 110 valence electrons. The zero-order valence-electron chi connectivity index (χ0n) is 12.6. The average Bonchev–Trinajstić information content (AvgIpc) is 2.38. The fraction of sp³-hybridized carbons (Fsp3) is 0.471. The van der Waals surface area contributed by atoms with E-state index in [1.165, 1.54) is 11.6 Å². The maximum Gasteiger partial charge on any atom is 0.341 e. The number of hydrogen-bond acceptors (Lipinski definition) is 3. The van der Waals surface area contributed by atoms with Crippen LogP contribution < -0.4 is 0 Å². The number of hydrogen-bond donors (Lipinski definition) is 1. The molecule has 0 aliphatic carbocycles. The summed E-state index contributed by atoms with van der Waals surface area (Å²) in [5, 5.41) is 9.55. The third-order valence-electron chi connectivity index (χ3n) is 3.18. The number of rotatable bonds is 7. The van der Waals surface area contributed by atoms with Gasteiger partial charge < -0.3 is 9.84 Å². The van der Waals surface area contributed by atoms with Crippen LogP contribution in [0.3, 0.4) is 0 Å². The SMILES string of the molecule is CC(C)=CCCC(C)CCOC(=O)c1ccccc1O. The summed E-state index contributed by atoms with van der Waals surface area (Å²) in [6.45, 7) is 6.74. The van der Waals surface area contributed by atoms with E-state index in [0.29, 0.717) is 12.5 Å². The second-order valence-electron chi connectivity index (χ2n) is 5.41. The number of phenols is 1. The Balaban J connectivity index is 2.29. The number of benzene rings is 1. The van der Waals surface area contributed by atoms with Crippen molar-refractivity contribution in [3.05, 3.63) is 41.5 Å². The predicted molar refractivity (Wildman–Crippen MR) is 80.8 cm³/mol. The third-order valence-corrected chi connectivity index (χ3v) is 3.18. The zero-order chi connectivity index (χ0) is 15.0. The molecule has 0 bridgehead atoms. The summed E-state index contributed by atoms with van der Waals surface area (Å²) in [6.07, 6.45) is 5.23. The highest BCUT2D eigenvalue weighted by atomic mass is 16.5. The average molecular weight is 276 g/mol. The van der Waals surface area contributed by atoms with E-state index in [0.717, 1.165) is 19.3 Å². The van der Waals surface area contributed by atoms with Crippen LogP contribution in [0.2, 0.25) is 0 Å².